The number of likely N-dealkylation sites (tertiary alicyclic amines) is 1. The third-order valence-corrected chi connectivity index (χ3v) is 5.98. The van der Waals surface area contributed by atoms with Crippen molar-refractivity contribution in [3.8, 4) is 22.9 Å². The van der Waals surface area contributed by atoms with Gasteiger partial charge < -0.3 is 19.5 Å². The van der Waals surface area contributed by atoms with E-state index in [0.29, 0.717) is 54.6 Å². The van der Waals surface area contributed by atoms with E-state index in [2.05, 4.69) is 20.4 Å². The summed E-state index contributed by atoms with van der Waals surface area (Å²) in [5.74, 6) is 1.69. The molecule has 0 radical (unpaired) electrons. The van der Waals surface area contributed by atoms with Gasteiger partial charge in [0.1, 0.15) is 11.4 Å². The van der Waals surface area contributed by atoms with E-state index in [1.165, 1.54) is 6.07 Å². The Labute approximate surface area is 210 Å². The number of nitrogens with one attached hydrogen (secondary N) is 1. The normalized spacial score (nSPS) is 14.4. The number of hydrogen-bond donors (Lipinski definition) is 1. The molecule has 0 unspecified atom stereocenters. The molecule has 8 nitrogen and oxygen atoms in total. The molecule has 2 aromatic carbocycles. The van der Waals surface area contributed by atoms with Gasteiger partial charge in [-0.2, -0.15) is 18.2 Å². The fourth-order valence-corrected chi connectivity index (χ4v) is 4.01. The second-order valence-electron chi connectivity index (χ2n) is 8.49. The Bertz CT molecular complexity index is 1350. The van der Waals surface area contributed by atoms with Gasteiger partial charge in [-0.25, -0.2) is 4.79 Å². The van der Waals surface area contributed by atoms with Crippen molar-refractivity contribution in [1.29, 1.82) is 0 Å². The van der Waals surface area contributed by atoms with Gasteiger partial charge in [-0.3, -0.25) is 4.98 Å². The van der Waals surface area contributed by atoms with Gasteiger partial charge in [0.15, 0.2) is 5.75 Å². The number of alkyl halides is 3. The Balaban J connectivity index is 1.18. The number of urea groups is 1. The second kappa shape index (κ2) is 10.3. The molecule has 5 rings (SSSR count). The first kappa shape index (κ1) is 24.3. The maximum atomic E-state index is 12.9. The van der Waals surface area contributed by atoms with Gasteiger partial charge in [0, 0.05) is 30.8 Å². The van der Waals surface area contributed by atoms with Crippen LogP contribution in [-0.2, 0) is 6.18 Å². The molecule has 0 saturated carbocycles. The number of benzene rings is 2. The first-order chi connectivity index (χ1) is 17.9. The molecule has 37 heavy (non-hydrogen) atoms. The zero-order valence-electron chi connectivity index (χ0n) is 19.5. The first-order valence-corrected chi connectivity index (χ1v) is 11.6. The number of amides is 2. The quantitative estimate of drug-likeness (QED) is 0.337. The van der Waals surface area contributed by atoms with Crippen molar-refractivity contribution in [1.82, 2.24) is 20.0 Å². The van der Waals surface area contributed by atoms with Crippen LogP contribution in [0.2, 0.25) is 0 Å². The Morgan fingerprint density at radius 3 is 2.43 bits per heavy atom. The molecule has 1 aliphatic heterocycles. The summed E-state index contributed by atoms with van der Waals surface area (Å²) >= 11 is 0. The molecular formula is C26H22F3N5O3. The van der Waals surface area contributed by atoms with Gasteiger partial charge in [0.25, 0.3) is 0 Å². The maximum absolute atomic E-state index is 12.9. The molecule has 2 aromatic heterocycles. The summed E-state index contributed by atoms with van der Waals surface area (Å²) < 4.78 is 49.5. The lowest BCUT2D eigenvalue weighted by Crippen LogP contribution is -2.40. The lowest BCUT2D eigenvalue weighted by molar-refractivity contribution is -0.141. The molecule has 190 valence electrons. The predicted octanol–water partition coefficient (Wildman–Crippen LogP) is 6.35. The molecule has 0 bridgehead atoms. The molecule has 2 amide bonds. The predicted molar refractivity (Wildman–Crippen MR) is 128 cm³/mol. The number of hydrogen-bond acceptors (Lipinski definition) is 6. The van der Waals surface area contributed by atoms with E-state index < -0.39 is 11.9 Å². The summed E-state index contributed by atoms with van der Waals surface area (Å²) in [4.78, 5) is 22.4. The SMILES string of the molecule is O=C(Nc1ccccc1Oc1ccccc1)N1CCC(c2nc(-c3ccc(C(F)(F)F)nc3)no2)CC1. The topological polar surface area (TPSA) is 93.4 Å². The Morgan fingerprint density at radius 1 is 1.00 bits per heavy atom. The minimum absolute atomic E-state index is 0.0681. The van der Waals surface area contributed by atoms with Crippen LogP contribution >= 0.6 is 0 Å². The third kappa shape index (κ3) is 5.71. The smallest absolute Gasteiger partial charge is 0.433 e. The monoisotopic (exact) mass is 509 g/mol. The zero-order chi connectivity index (χ0) is 25.8. The van der Waals surface area contributed by atoms with Crippen LogP contribution in [0.15, 0.2) is 77.4 Å². The summed E-state index contributed by atoms with van der Waals surface area (Å²) in [6.07, 6.45) is -2.24. The molecule has 3 heterocycles. The number of para-hydroxylation sites is 3. The summed E-state index contributed by atoms with van der Waals surface area (Å²) in [5, 5.41) is 6.81. The van der Waals surface area contributed by atoms with E-state index in [9.17, 15) is 18.0 Å². The van der Waals surface area contributed by atoms with Crippen molar-refractivity contribution < 1.29 is 27.2 Å². The van der Waals surface area contributed by atoms with Gasteiger partial charge in [-0.1, -0.05) is 35.5 Å². The molecule has 0 atom stereocenters. The van der Waals surface area contributed by atoms with Crippen LogP contribution in [0.3, 0.4) is 0 Å². The van der Waals surface area contributed by atoms with E-state index in [4.69, 9.17) is 9.26 Å². The molecule has 1 aliphatic rings. The lowest BCUT2D eigenvalue weighted by atomic mass is 9.97. The number of nitrogens with zero attached hydrogens (tertiary/aromatic N) is 4. The maximum Gasteiger partial charge on any atom is 0.433 e. The van der Waals surface area contributed by atoms with Gasteiger partial charge >= 0.3 is 12.2 Å². The molecule has 1 fully saturated rings. The standard InChI is InChI=1S/C26H22F3N5O3/c27-26(28,29)22-11-10-18(16-30-22)23-32-24(37-33-23)17-12-14-34(15-13-17)25(35)31-20-8-4-5-9-21(20)36-19-6-2-1-3-7-19/h1-11,16-17H,12-15H2,(H,31,35). The lowest BCUT2D eigenvalue weighted by Gasteiger charge is -2.30. The highest BCUT2D eigenvalue weighted by atomic mass is 19.4. The highest BCUT2D eigenvalue weighted by Gasteiger charge is 2.32. The fraction of sp³-hybridized carbons (Fsp3) is 0.231. The fourth-order valence-electron chi connectivity index (χ4n) is 4.01. The van der Waals surface area contributed by atoms with E-state index >= 15 is 0 Å². The van der Waals surface area contributed by atoms with Crippen molar-refractivity contribution in [2.24, 2.45) is 0 Å². The van der Waals surface area contributed by atoms with Crippen LogP contribution < -0.4 is 10.1 Å². The number of pyridine rings is 1. The molecule has 4 aromatic rings. The number of halogens is 3. The van der Waals surface area contributed by atoms with Gasteiger partial charge in [0.2, 0.25) is 11.7 Å². The van der Waals surface area contributed by atoms with Crippen LogP contribution in [0.25, 0.3) is 11.4 Å². The molecule has 11 heteroatoms. The van der Waals surface area contributed by atoms with Crippen molar-refractivity contribution in [3.63, 3.8) is 0 Å². The minimum atomic E-state index is -4.52. The largest absolute Gasteiger partial charge is 0.455 e. The Morgan fingerprint density at radius 2 is 1.73 bits per heavy atom. The number of aromatic nitrogens is 3. The third-order valence-electron chi connectivity index (χ3n) is 5.98. The van der Waals surface area contributed by atoms with Crippen molar-refractivity contribution >= 4 is 11.7 Å². The van der Waals surface area contributed by atoms with Crippen molar-refractivity contribution in [2.45, 2.75) is 24.9 Å². The summed E-state index contributed by atoms with van der Waals surface area (Å²) in [6, 6.07) is 18.4. The van der Waals surface area contributed by atoms with Crippen LogP contribution in [0.4, 0.5) is 23.7 Å². The Kier molecular flexibility index (Phi) is 6.76. The first-order valence-electron chi connectivity index (χ1n) is 11.6. The van der Waals surface area contributed by atoms with Crippen LogP contribution in [0, 0.1) is 0 Å². The summed E-state index contributed by atoms with van der Waals surface area (Å²) in [6.45, 7) is 0.940. The Hall–Kier alpha value is -4.41. The second-order valence-corrected chi connectivity index (χ2v) is 8.49. The number of anilines is 1. The van der Waals surface area contributed by atoms with Gasteiger partial charge in [-0.05, 0) is 49.2 Å². The number of piperidine rings is 1. The number of carbonyl (C=O) groups excluding carboxylic acids is 1. The van der Waals surface area contributed by atoms with Crippen LogP contribution in [0.5, 0.6) is 11.5 Å². The molecule has 0 spiro atoms. The number of rotatable bonds is 5. The highest BCUT2D eigenvalue weighted by Crippen LogP contribution is 2.32. The molecular weight excluding hydrogens is 487 g/mol. The van der Waals surface area contributed by atoms with Gasteiger partial charge in [-0.15, -0.1) is 0 Å². The zero-order valence-corrected chi connectivity index (χ0v) is 19.5. The van der Waals surface area contributed by atoms with Crippen molar-refractivity contribution in [2.75, 3.05) is 18.4 Å². The van der Waals surface area contributed by atoms with E-state index in [1.807, 2.05) is 42.5 Å². The molecule has 0 aliphatic carbocycles. The average Bonchev–Trinajstić information content (AvgIpc) is 3.41. The van der Waals surface area contributed by atoms with Crippen LogP contribution in [0.1, 0.15) is 30.3 Å². The van der Waals surface area contributed by atoms with E-state index in [1.54, 1.807) is 17.0 Å². The highest BCUT2D eigenvalue weighted by molar-refractivity contribution is 5.91. The van der Waals surface area contributed by atoms with Crippen LogP contribution in [-0.4, -0.2) is 39.1 Å². The minimum Gasteiger partial charge on any atom is -0.455 e. The number of carbonyl (C=O) groups is 1. The molecule has 1 N–H and O–H groups in total. The summed E-state index contributed by atoms with van der Waals surface area (Å²) in [5.41, 5.74) is -0.0961. The average molecular weight is 509 g/mol. The van der Waals surface area contributed by atoms with Gasteiger partial charge in [0.05, 0.1) is 5.69 Å². The van der Waals surface area contributed by atoms with E-state index in [0.717, 1.165) is 12.3 Å². The summed E-state index contributed by atoms with van der Waals surface area (Å²) in [7, 11) is 0. The molecule has 1 saturated heterocycles. The van der Waals surface area contributed by atoms with Crippen molar-refractivity contribution in [3.05, 3.63) is 84.5 Å². The van der Waals surface area contributed by atoms with E-state index in [-0.39, 0.29) is 17.8 Å². The number of ether oxygens (including phenoxy) is 1.